The maximum Gasteiger partial charge on any atom is 0.109 e. The molecule has 0 spiro atoms. The molecule has 0 atom stereocenters. The first kappa shape index (κ1) is 13.0. The number of nitrogens with two attached hydrogens (primary N) is 1. The van der Waals surface area contributed by atoms with Crippen molar-refractivity contribution < 1.29 is 0 Å². The molecule has 2 N–H and O–H groups in total. The van der Waals surface area contributed by atoms with E-state index in [0.29, 0.717) is 0 Å². The summed E-state index contributed by atoms with van der Waals surface area (Å²) in [4.78, 5) is 4.66. The minimum Gasteiger partial charge on any atom is -0.399 e. The number of aromatic nitrogens is 2. The number of nitrogen functional groups attached to an aromatic ring is 1. The van der Waals surface area contributed by atoms with Crippen LogP contribution in [0, 0.1) is 0 Å². The number of hydrogen-bond donors (Lipinski definition) is 1. The summed E-state index contributed by atoms with van der Waals surface area (Å²) in [6.07, 6.45) is 0.891. The summed E-state index contributed by atoms with van der Waals surface area (Å²) < 4.78 is 2.23. The quantitative estimate of drug-likeness (QED) is 0.742. The van der Waals surface area contributed by atoms with Crippen LogP contribution < -0.4 is 5.73 Å². The minimum absolute atomic E-state index is 0.747. The Hall–Kier alpha value is -2.00. The molecule has 20 heavy (non-hydrogen) atoms. The zero-order chi connectivity index (χ0) is 14.1. The largest absolute Gasteiger partial charge is 0.399 e. The topological polar surface area (TPSA) is 43.8 Å². The van der Waals surface area contributed by atoms with E-state index >= 15 is 0 Å². The standard InChI is InChI=1S/C16H16ClN3/c1-2-16-19-14-9-13(18)7-8-15(14)20(16)10-11-3-5-12(17)6-4-11/h3-9H,2,10,18H2,1H3. The van der Waals surface area contributed by atoms with Gasteiger partial charge in [0.1, 0.15) is 5.82 Å². The van der Waals surface area contributed by atoms with Crippen LogP contribution in [0.5, 0.6) is 0 Å². The fourth-order valence-corrected chi connectivity index (χ4v) is 2.54. The molecule has 4 heteroatoms. The highest BCUT2D eigenvalue weighted by Gasteiger charge is 2.10. The van der Waals surface area contributed by atoms with Crippen LogP contribution >= 0.6 is 11.6 Å². The second-order valence-electron chi connectivity index (χ2n) is 4.84. The first-order valence-electron chi connectivity index (χ1n) is 6.66. The van der Waals surface area contributed by atoms with Crippen molar-refractivity contribution in [1.82, 2.24) is 9.55 Å². The number of halogens is 1. The Balaban J connectivity index is 2.07. The molecule has 0 saturated heterocycles. The second-order valence-corrected chi connectivity index (χ2v) is 5.28. The summed E-state index contributed by atoms with van der Waals surface area (Å²) in [6.45, 7) is 2.91. The van der Waals surface area contributed by atoms with Crippen LogP contribution in [0.1, 0.15) is 18.3 Å². The predicted molar refractivity (Wildman–Crippen MR) is 84.1 cm³/mol. The maximum absolute atomic E-state index is 5.93. The third-order valence-corrected chi connectivity index (χ3v) is 3.67. The summed E-state index contributed by atoms with van der Waals surface area (Å²) in [7, 11) is 0. The van der Waals surface area contributed by atoms with Crippen LogP contribution in [0.2, 0.25) is 5.02 Å². The third kappa shape index (κ3) is 2.37. The summed E-state index contributed by atoms with van der Waals surface area (Å²) in [6, 6.07) is 13.8. The van der Waals surface area contributed by atoms with Gasteiger partial charge in [0.25, 0.3) is 0 Å². The van der Waals surface area contributed by atoms with Gasteiger partial charge in [-0.1, -0.05) is 30.7 Å². The van der Waals surface area contributed by atoms with Gasteiger partial charge in [0.15, 0.2) is 0 Å². The van der Waals surface area contributed by atoms with Crippen molar-refractivity contribution in [2.75, 3.05) is 5.73 Å². The van der Waals surface area contributed by atoms with E-state index in [1.54, 1.807) is 0 Å². The van der Waals surface area contributed by atoms with Crippen molar-refractivity contribution in [2.45, 2.75) is 19.9 Å². The molecule has 3 nitrogen and oxygen atoms in total. The number of anilines is 1. The molecule has 2 aromatic carbocycles. The molecule has 0 aliphatic rings. The zero-order valence-corrected chi connectivity index (χ0v) is 12.1. The third-order valence-electron chi connectivity index (χ3n) is 3.42. The number of rotatable bonds is 3. The summed E-state index contributed by atoms with van der Waals surface area (Å²) in [5.74, 6) is 1.07. The van der Waals surface area contributed by atoms with Crippen molar-refractivity contribution in [3.05, 3.63) is 58.9 Å². The van der Waals surface area contributed by atoms with Crippen LogP contribution in [0.25, 0.3) is 11.0 Å². The van der Waals surface area contributed by atoms with E-state index in [1.807, 2.05) is 42.5 Å². The van der Waals surface area contributed by atoms with Crippen molar-refractivity contribution in [3.8, 4) is 0 Å². The first-order chi connectivity index (χ1) is 9.67. The highest BCUT2D eigenvalue weighted by molar-refractivity contribution is 6.30. The van der Waals surface area contributed by atoms with Gasteiger partial charge in [-0.2, -0.15) is 0 Å². The highest BCUT2D eigenvalue weighted by atomic mass is 35.5. The summed E-state index contributed by atoms with van der Waals surface area (Å²) in [5, 5.41) is 0.757. The van der Waals surface area contributed by atoms with Crippen LogP contribution in [-0.4, -0.2) is 9.55 Å². The Morgan fingerprint density at radius 2 is 1.90 bits per heavy atom. The lowest BCUT2D eigenvalue weighted by atomic mass is 10.2. The Labute approximate surface area is 123 Å². The normalized spacial score (nSPS) is 11.1. The second kappa shape index (κ2) is 5.17. The van der Waals surface area contributed by atoms with Crippen LogP contribution in [0.3, 0.4) is 0 Å². The van der Waals surface area contributed by atoms with Gasteiger partial charge in [-0.3, -0.25) is 0 Å². The molecular formula is C16H16ClN3. The van der Waals surface area contributed by atoms with Crippen molar-refractivity contribution >= 4 is 28.3 Å². The maximum atomic E-state index is 5.93. The zero-order valence-electron chi connectivity index (χ0n) is 11.3. The Morgan fingerprint density at radius 3 is 2.60 bits per heavy atom. The van der Waals surface area contributed by atoms with Crippen molar-refractivity contribution in [2.24, 2.45) is 0 Å². The van der Waals surface area contributed by atoms with Crippen LogP contribution in [0.4, 0.5) is 5.69 Å². The molecule has 1 heterocycles. The van der Waals surface area contributed by atoms with Gasteiger partial charge >= 0.3 is 0 Å². The Bertz CT molecular complexity index is 744. The predicted octanol–water partition coefficient (Wildman–Crippen LogP) is 3.88. The number of hydrogen-bond acceptors (Lipinski definition) is 2. The molecule has 0 aliphatic heterocycles. The van der Waals surface area contributed by atoms with E-state index < -0.39 is 0 Å². The smallest absolute Gasteiger partial charge is 0.109 e. The lowest BCUT2D eigenvalue weighted by Gasteiger charge is -2.08. The molecule has 0 fully saturated rings. The van der Waals surface area contributed by atoms with Gasteiger partial charge in [-0.05, 0) is 35.9 Å². The molecule has 0 radical (unpaired) electrons. The van der Waals surface area contributed by atoms with E-state index in [4.69, 9.17) is 17.3 Å². The molecule has 102 valence electrons. The Kier molecular flexibility index (Phi) is 3.36. The molecule has 0 bridgehead atoms. The van der Waals surface area contributed by atoms with E-state index in [0.717, 1.165) is 40.5 Å². The van der Waals surface area contributed by atoms with Crippen LogP contribution in [0.15, 0.2) is 42.5 Å². The van der Waals surface area contributed by atoms with E-state index in [9.17, 15) is 0 Å². The average molecular weight is 286 g/mol. The van der Waals surface area contributed by atoms with Gasteiger partial charge < -0.3 is 10.3 Å². The molecule has 1 aromatic heterocycles. The van der Waals surface area contributed by atoms with Crippen molar-refractivity contribution in [1.29, 1.82) is 0 Å². The fourth-order valence-electron chi connectivity index (χ4n) is 2.42. The number of aryl methyl sites for hydroxylation is 1. The molecular weight excluding hydrogens is 270 g/mol. The molecule has 3 aromatic rings. The summed E-state index contributed by atoms with van der Waals surface area (Å²) >= 11 is 5.93. The van der Waals surface area contributed by atoms with Gasteiger partial charge in [0.05, 0.1) is 11.0 Å². The molecule has 0 saturated carbocycles. The number of fused-ring (bicyclic) bond motifs is 1. The van der Waals surface area contributed by atoms with Gasteiger partial charge in [0.2, 0.25) is 0 Å². The van der Waals surface area contributed by atoms with Crippen LogP contribution in [-0.2, 0) is 13.0 Å². The Morgan fingerprint density at radius 1 is 1.15 bits per heavy atom. The fraction of sp³-hybridized carbons (Fsp3) is 0.188. The van der Waals surface area contributed by atoms with E-state index in [2.05, 4.69) is 16.5 Å². The lowest BCUT2D eigenvalue weighted by Crippen LogP contribution is -2.04. The van der Waals surface area contributed by atoms with Gasteiger partial charge in [-0.15, -0.1) is 0 Å². The van der Waals surface area contributed by atoms with Crippen molar-refractivity contribution in [3.63, 3.8) is 0 Å². The SMILES string of the molecule is CCc1nc2cc(N)ccc2n1Cc1ccc(Cl)cc1. The van der Waals surface area contributed by atoms with Gasteiger partial charge in [-0.25, -0.2) is 4.98 Å². The number of nitrogens with zero attached hydrogens (tertiary/aromatic N) is 2. The molecule has 3 rings (SSSR count). The first-order valence-corrected chi connectivity index (χ1v) is 7.04. The molecule has 0 amide bonds. The molecule has 0 unspecified atom stereocenters. The minimum atomic E-state index is 0.747. The average Bonchev–Trinajstić information content (AvgIpc) is 2.78. The van der Waals surface area contributed by atoms with E-state index in [-0.39, 0.29) is 0 Å². The van der Waals surface area contributed by atoms with E-state index in [1.165, 1.54) is 5.56 Å². The summed E-state index contributed by atoms with van der Waals surface area (Å²) in [5.41, 5.74) is 9.86. The number of imidazole rings is 1. The highest BCUT2D eigenvalue weighted by Crippen LogP contribution is 2.21. The molecule has 0 aliphatic carbocycles. The lowest BCUT2D eigenvalue weighted by molar-refractivity contribution is 0.753. The van der Waals surface area contributed by atoms with Gasteiger partial charge in [0, 0.05) is 23.7 Å². The monoisotopic (exact) mass is 285 g/mol. The number of benzene rings is 2.